The monoisotopic (exact) mass is 274 g/mol. The summed E-state index contributed by atoms with van der Waals surface area (Å²) in [5, 5.41) is 0.268. The quantitative estimate of drug-likeness (QED) is 0.785. The maximum Gasteiger partial charge on any atom is 0.193 e. The van der Waals surface area contributed by atoms with Gasteiger partial charge in [-0.1, -0.05) is 17.5 Å². The number of sulfone groups is 1. The number of hydrogen-bond donors (Lipinski definition) is 0. The van der Waals surface area contributed by atoms with E-state index in [1.165, 1.54) is 26.4 Å². The largest absolute Gasteiger partial charge is 0.495 e. The number of methoxy groups -OCH3 is 2. The van der Waals surface area contributed by atoms with E-state index in [9.17, 15) is 8.42 Å². The molecule has 1 aromatic carbocycles. The molecule has 0 fully saturated rings. The van der Waals surface area contributed by atoms with Gasteiger partial charge in [0, 0.05) is 12.1 Å². The predicted molar refractivity (Wildman–Crippen MR) is 65.4 cm³/mol. The van der Waals surface area contributed by atoms with Gasteiger partial charge in [0.2, 0.25) is 0 Å². The minimum atomic E-state index is -3.60. The minimum Gasteiger partial charge on any atom is -0.495 e. The van der Waals surface area contributed by atoms with Crippen LogP contribution in [0.4, 0.5) is 0 Å². The number of rotatable bonds is 4. The van der Waals surface area contributed by atoms with E-state index >= 15 is 0 Å². The van der Waals surface area contributed by atoms with Crippen LogP contribution in [0.5, 0.6) is 11.5 Å². The van der Waals surface area contributed by atoms with Crippen molar-refractivity contribution in [3.05, 3.63) is 17.2 Å². The molecule has 0 radical (unpaired) electrons. The molecule has 0 aliphatic heterocycles. The second-order valence-electron chi connectivity index (χ2n) is 3.10. The smallest absolute Gasteiger partial charge is 0.193 e. The summed E-state index contributed by atoms with van der Waals surface area (Å²) in [5.74, 6) is 2.08. The van der Waals surface area contributed by atoms with E-state index in [1.54, 1.807) is 0 Å². The fourth-order valence-corrected chi connectivity index (χ4v) is 2.60. The average molecular weight is 275 g/mol. The van der Waals surface area contributed by atoms with Crippen molar-refractivity contribution >= 4 is 21.4 Å². The Morgan fingerprint density at radius 3 is 2.35 bits per heavy atom. The van der Waals surface area contributed by atoms with Crippen LogP contribution >= 0.6 is 11.6 Å². The zero-order chi connectivity index (χ0) is 13.1. The van der Waals surface area contributed by atoms with Gasteiger partial charge < -0.3 is 9.47 Å². The summed E-state index contributed by atoms with van der Waals surface area (Å²) in [5.41, 5.74) is 0. The average Bonchev–Trinajstić information content (AvgIpc) is 2.28. The van der Waals surface area contributed by atoms with Gasteiger partial charge in [0.05, 0.1) is 19.2 Å². The van der Waals surface area contributed by atoms with Gasteiger partial charge in [-0.15, -0.1) is 6.42 Å². The molecule has 0 spiro atoms. The Kier molecular flexibility index (Phi) is 4.27. The molecule has 17 heavy (non-hydrogen) atoms. The molecule has 0 amide bonds. The van der Waals surface area contributed by atoms with E-state index in [2.05, 4.69) is 5.92 Å². The molecule has 0 atom stereocenters. The SMILES string of the molecule is C#CCS(=O)(=O)c1cc(OC)c(Cl)cc1OC. The highest BCUT2D eigenvalue weighted by Gasteiger charge is 2.21. The third kappa shape index (κ3) is 2.84. The first-order valence-electron chi connectivity index (χ1n) is 4.54. The van der Waals surface area contributed by atoms with Gasteiger partial charge in [0.25, 0.3) is 0 Å². The lowest BCUT2D eigenvalue weighted by Crippen LogP contribution is -2.07. The molecule has 0 aromatic heterocycles. The Morgan fingerprint density at radius 2 is 1.88 bits per heavy atom. The van der Waals surface area contributed by atoms with Gasteiger partial charge in [-0.25, -0.2) is 8.42 Å². The first kappa shape index (κ1) is 13.7. The van der Waals surface area contributed by atoms with Crippen molar-refractivity contribution < 1.29 is 17.9 Å². The van der Waals surface area contributed by atoms with E-state index in [4.69, 9.17) is 27.5 Å². The van der Waals surface area contributed by atoms with Gasteiger partial charge in [-0.2, -0.15) is 0 Å². The molecule has 6 heteroatoms. The topological polar surface area (TPSA) is 52.6 Å². The van der Waals surface area contributed by atoms with Crippen LogP contribution in [0.1, 0.15) is 0 Å². The van der Waals surface area contributed by atoms with Crippen molar-refractivity contribution in [2.45, 2.75) is 4.90 Å². The summed E-state index contributed by atoms with van der Waals surface area (Å²) in [6.45, 7) is 0. The minimum absolute atomic E-state index is 0.0285. The van der Waals surface area contributed by atoms with Gasteiger partial charge >= 0.3 is 0 Å². The third-order valence-corrected chi connectivity index (χ3v) is 3.88. The number of hydrogen-bond acceptors (Lipinski definition) is 4. The highest BCUT2D eigenvalue weighted by molar-refractivity contribution is 7.91. The Labute approximate surface area is 105 Å². The second-order valence-corrected chi connectivity index (χ2v) is 5.47. The van der Waals surface area contributed by atoms with Crippen LogP contribution in [-0.2, 0) is 9.84 Å². The van der Waals surface area contributed by atoms with Crippen molar-refractivity contribution in [3.8, 4) is 23.8 Å². The maximum absolute atomic E-state index is 11.9. The Balaban J connectivity index is 3.47. The molecule has 0 aliphatic rings. The van der Waals surface area contributed by atoms with Crippen molar-refractivity contribution in [2.24, 2.45) is 0 Å². The zero-order valence-electron chi connectivity index (χ0n) is 9.36. The van der Waals surface area contributed by atoms with E-state index in [1.807, 2.05) is 0 Å². The van der Waals surface area contributed by atoms with Gasteiger partial charge in [-0.3, -0.25) is 0 Å². The van der Waals surface area contributed by atoms with E-state index in [-0.39, 0.29) is 21.4 Å². The Hall–Kier alpha value is -1.38. The first-order valence-corrected chi connectivity index (χ1v) is 6.57. The summed E-state index contributed by atoms with van der Waals surface area (Å²) < 4.78 is 33.7. The van der Waals surface area contributed by atoms with Gasteiger partial charge in [0.15, 0.2) is 9.84 Å². The zero-order valence-corrected chi connectivity index (χ0v) is 10.9. The standard InChI is InChI=1S/C11H11ClO4S/c1-4-5-17(13,14)11-7-9(15-2)8(12)6-10(11)16-3/h1,6-7H,5H2,2-3H3. The number of benzene rings is 1. The van der Waals surface area contributed by atoms with Crippen molar-refractivity contribution in [3.63, 3.8) is 0 Å². The highest BCUT2D eigenvalue weighted by Crippen LogP contribution is 2.35. The summed E-state index contributed by atoms with van der Waals surface area (Å²) in [6.07, 6.45) is 5.02. The van der Waals surface area contributed by atoms with Crippen LogP contribution in [0.3, 0.4) is 0 Å². The van der Waals surface area contributed by atoms with Crippen molar-refractivity contribution in [2.75, 3.05) is 20.0 Å². The number of ether oxygens (including phenoxy) is 2. The third-order valence-electron chi connectivity index (χ3n) is 2.05. The molecule has 0 aliphatic carbocycles. The van der Waals surface area contributed by atoms with E-state index in [0.29, 0.717) is 0 Å². The van der Waals surface area contributed by atoms with E-state index < -0.39 is 15.6 Å². The van der Waals surface area contributed by atoms with Crippen LogP contribution in [0.15, 0.2) is 17.0 Å². The van der Waals surface area contributed by atoms with Gasteiger partial charge in [0.1, 0.15) is 22.1 Å². The van der Waals surface area contributed by atoms with Crippen molar-refractivity contribution in [1.29, 1.82) is 0 Å². The number of halogens is 1. The van der Waals surface area contributed by atoms with Crippen LogP contribution in [0, 0.1) is 12.3 Å². The molecule has 4 nitrogen and oxygen atoms in total. The summed E-state index contributed by atoms with van der Waals surface area (Å²) in [4.78, 5) is -0.0285. The maximum atomic E-state index is 11.9. The fraction of sp³-hybridized carbons (Fsp3) is 0.273. The molecule has 0 bridgehead atoms. The molecular formula is C11H11ClO4S. The molecule has 0 saturated carbocycles. The second kappa shape index (κ2) is 5.30. The van der Waals surface area contributed by atoms with Crippen LogP contribution in [0.25, 0.3) is 0 Å². The first-order chi connectivity index (χ1) is 7.96. The summed E-state index contributed by atoms with van der Waals surface area (Å²) in [6, 6.07) is 2.68. The van der Waals surface area contributed by atoms with E-state index in [0.717, 1.165) is 0 Å². The lowest BCUT2D eigenvalue weighted by molar-refractivity contribution is 0.392. The summed E-state index contributed by atoms with van der Waals surface area (Å²) >= 11 is 5.87. The van der Waals surface area contributed by atoms with Crippen molar-refractivity contribution in [1.82, 2.24) is 0 Å². The molecule has 0 heterocycles. The lowest BCUT2D eigenvalue weighted by atomic mass is 10.3. The Morgan fingerprint density at radius 1 is 1.29 bits per heavy atom. The lowest BCUT2D eigenvalue weighted by Gasteiger charge is -2.11. The highest BCUT2D eigenvalue weighted by atomic mass is 35.5. The fourth-order valence-electron chi connectivity index (χ4n) is 1.26. The number of terminal acetylenes is 1. The molecular weight excluding hydrogens is 264 g/mol. The molecule has 1 rings (SSSR count). The predicted octanol–water partition coefficient (Wildman–Crippen LogP) is 1.76. The van der Waals surface area contributed by atoms with Crippen LogP contribution < -0.4 is 9.47 Å². The Bertz CT molecular complexity index is 558. The van der Waals surface area contributed by atoms with Crippen LogP contribution in [-0.4, -0.2) is 28.4 Å². The molecule has 0 saturated heterocycles. The summed E-state index contributed by atoms with van der Waals surface area (Å²) in [7, 11) is -0.854. The molecule has 0 unspecified atom stereocenters. The normalized spacial score (nSPS) is 10.7. The van der Waals surface area contributed by atoms with Gasteiger partial charge in [-0.05, 0) is 0 Å². The van der Waals surface area contributed by atoms with Crippen LogP contribution in [0.2, 0.25) is 5.02 Å². The molecule has 92 valence electrons. The molecule has 1 aromatic rings. The molecule has 0 N–H and O–H groups in total.